The Bertz CT molecular complexity index is 1320. The average Bonchev–Trinajstić information content (AvgIpc) is 3.13. The standard InChI is InChI=1S/C23H29BIN2O5S/c1-22(2)23(3,4)32-24(31-22)17-11-15(26(6)7)13-19-20(17)21(30-24)16-10-9-14(27(8)25-5)12-18(16)33(19,28)29/h9-13H,1-8H3/q-1/b27-14+. The number of anilines is 1. The summed E-state index contributed by atoms with van der Waals surface area (Å²) in [6.45, 7) is 5.52. The van der Waals surface area contributed by atoms with E-state index in [1.807, 2.05) is 72.0 Å². The van der Waals surface area contributed by atoms with Gasteiger partial charge in [-0.15, -0.1) is 0 Å². The van der Waals surface area contributed by atoms with Crippen molar-refractivity contribution in [3.05, 3.63) is 46.4 Å². The minimum atomic E-state index is -3.78. The third-order valence-corrected chi connectivity index (χ3v) is 11.1. The van der Waals surface area contributed by atoms with E-state index in [9.17, 15) is 8.42 Å². The summed E-state index contributed by atoms with van der Waals surface area (Å²) in [7, 11) is 1.98. The van der Waals surface area contributed by atoms with Crippen LogP contribution >= 0.6 is 0 Å². The first-order valence-corrected chi connectivity index (χ1v) is 15.4. The Labute approximate surface area is 206 Å². The van der Waals surface area contributed by atoms with Gasteiger partial charge in [-0.2, -0.15) is 0 Å². The second-order valence-electron chi connectivity index (χ2n) is 9.98. The minimum absolute atomic E-state index is 0.230. The third kappa shape index (κ3) is 3.06. The molecule has 4 aliphatic rings. The van der Waals surface area contributed by atoms with Crippen molar-refractivity contribution in [2.75, 3.05) is 31.0 Å². The molecule has 1 fully saturated rings. The van der Waals surface area contributed by atoms with Crippen molar-refractivity contribution < 1.29 is 46.6 Å². The predicted molar refractivity (Wildman–Crippen MR) is 126 cm³/mol. The maximum absolute atomic E-state index is 13.9. The molecule has 1 spiro atoms. The van der Waals surface area contributed by atoms with E-state index in [1.165, 1.54) is 0 Å². The quantitative estimate of drug-likeness (QED) is 0.197. The Morgan fingerprint density at radius 3 is 2.27 bits per heavy atom. The fourth-order valence-corrected chi connectivity index (χ4v) is 7.25. The van der Waals surface area contributed by atoms with Gasteiger partial charge in [-0.05, 0) is 0 Å². The molecule has 0 radical (unpaired) electrons. The molecule has 178 valence electrons. The van der Waals surface area contributed by atoms with Crippen LogP contribution in [0.5, 0.6) is 0 Å². The summed E-state index contributed by atoms with van der Waals surface area (Å²) in [5, 5.41) is 0. The van der Waals surface area contributed by atoms with E-state index in [4.69, 9.17) is 14.0 Å². The Kier molecular flexibility index (Phi) is 4.88. The van der Waals surface area contributed by atoms with Crippen molar-refractivity contribution in [3.63, 3.8) is 0 Å². The van der Waals surface area contributed by atoms with Gasteiger partial charge >= 0.3 is 207 Å². The van der Waals surface area contributed by atoms with Crippen LogP contribution in [-0.2, 0) is 23.8 Å². The van der Waals surface area contributed by atoms with Gasteiger partial charge in [-0.1, -0.05) is 0 Å². The van der Waals surface area contributed by atoms with Crippen molar-refractivity contribution in [2.24, 2.45) is 0 Å². The van der Waals surface area contributed by atoms with Gasteiger partial charge in [0.25, 0.3) is 0 Å². The van der Waals surface area contributed by atoms with Gasteiger partial charge in [0.2, 0.25) is 0 Å². The van der Waals surface area contributed by atoms with E-state index in [0.717, 1.165) is 11.4 Å². The van der Waals surface area contributed by atoms with E-state index >= 15 is 0 Å². The number of benzene rings is 1. The summed E-state index contributed by atoms with van der Waals surface area (Å²) in [6, 6.07) is 3.66. The van der Waals surface area contributed by atoms with Crippen LogP contribution in [-0.4, -0.2) is 60.9 Å². The van der Waals surface area contributed by atoms with Crippen molar-refractivity contribution >= 4 is 39.2 Å². The van der Waals surface area contributed by atoms with Crippen LogP contribution in [0.25, 0.3) is 5.76 Å². The zero-order valence-corrected chi connectivity index (χ0v) is 23.2. The molecule has 1 aliphatic carbocycles. The normalized spacial score (nSPS) is 26.1. The number of allylic oxidation sites excluding steroid dienone is 4. The average molecular weight is 583 g/mol. The summed E-state index contributed by atoms with van der Waals surface area (Å²) in [5.41, 5.74) is 2.13. The third-order valence-electron chi connectivity index (χ3n) is 7.26. The van der Waals surface area contributed by atoms with E-state index in [0.29, 0.717) is 22.4 Å². The van der Waals surface area contributed by atoms with Crippen LogP contribution in [0, 0.1) is 0 Å². The second kappa shape index (κ2) is 6.96. The van der Waals surface area contributed by atoms with Crippen LogP contribution in [0.3, 0.4) is 0 Å². The number of rotatable bonds is 2. The van der Waals surface area contributed by atoms with Gasteiger partial charge in [-0.3, -0.25) is 0 Å². The molecule has 3 aliphatic heterocycles. The molecule has 0 N–H and O–H groups in total. The van der Waals surface area contributed by atoms with Crippen molar-refractivity contribution in [1.82, 2.24) is 0 Å². The Balaban J connectivity index is 1.85. The summed E-state index contributed by atoms with van der Waals surface area (Å²) in [4.78, 5) is 4.53. The first-order valence-electron chi connectivity index (χ1n) is 10.8. The molecular formula is C23H29BIN2O5S-. The number of alkyl halides is 1. The molecule has 1 aromatic carbocycles. The van der Waals surface area contributed by atoms with Crippen LogP contribution in [0.2, 0.25) is 0 Å². The van der Waals surface area contributed by atoms with Crippen LogP contribution in [0.1, 0.15) is 33.3 Å². The summed E-state index contributed by atoms with van der Waals surface area (Å²) in [6.07, 6.45) is 5.56. The molecule has 10 heteroatoms. The number of hydrogen-bond donors (Lipinski definition) is 0. The van der Waals surface area contributed by atoms with Crippen LogP contribution in [0.4, 0.5) is 5.69 Å². The molecule has 0 unspecified atom stereocenters. The van der Waals surface area contributed by atoms with Gasteiger partial charge < -0.3 is 0 Å². The van der Waals surface area contributed by atoms with Gasteiger partial charge in [0.1, 0.15) is 0 Å². The van der Waals surface area contributed by atoms with Crippen molar-refractivity contribution in [1.29, 1.82) is 0 Å². The molecule has 5 rings (SSSR count). The monoisotopic (exact) mass is 583 g/mol. The fourth-order valence-electron chi connectivity index (χ4n) is 4.68. The van der Waals surface area contributed by atoms with E-state index in [-0.39, 0.29) is 31.3 Å². The molecule has 33 heavy (non-hydrogen) atoms. The van der Waals surface area contributed by atoms with E-state index in [1.54, 1.807) is 12.1 Å². The zero-order valence-electron chi connectivity index (χ0n) is 20.2. The molecule has 1 saturated heterocycles. The fraction of sp³-hybridized carbons (Fsp3) is 0.435. The van der Waals surface area contributed by atoms with Crippen LogP contribution in [0.15, 0.2) is 45.7 Å². The van der Waals surface area contributed by atoms with Gasteiger partial charge in [0.05, 0.1) is 0 Å². The molecule has 0 bridgehead atoms. The summed E-state index contributed by atoms with van der Waals surface area (Å²) < 4.78 is 49.6. The molecule has 0 aromatic heterocycles. The maximum atomic E-state index is 13.9. The topological polar surface area (TPSA) is 68.1 Å². The van der Waals surface area contributed by atoms with E-state index in [2.05, 4.69) is 7.72 Å². The SMILES string of the molecule is C[I-]/[N+](C)=C1\C=CC2=C3O[B-]4(OC(C)(C)C(C)(C)O4)c4cc(N(C)C)cc(c43)S(=O)(=O)C2=C1. The van der Waals surface area contributed by atoms with Crippen LogP contribution < -0.4 is 31.8 Å². The molecule has 0 saturated carbocycles. The molecule has 1 aromatic rings. The Morgan fingerprint density at radius 2 is 1.70 bits per heavy atom. The van der Waals surface area contributed by atoms with Gasteiger partial charge in [-0.25, -0.2) is 0 Å². The Hall–Kier alpha value is -1.63. The van der Waals surface area contributed by atoms with Crippen molar-refractivity contribution in [3.8, 4) is 0 Å². The summed E-state index contributed by atoms with van der Waals surface area (Å²) >= 11 is -0.230. The van der Waals surface area contributed by atoms with Crippen molar-refractivity contribution in [2.45, 2.75) is 43.8 Å². The predicted octanol–water partition coefficient (Wildman–Crippen LogP) is -0.798. The number of halogens is 1. The number of hydrogen-bond acceptors (Lipinski definition) is 6. The Morgan fingerprint density at radius 1 is 1.06 bits per heavy atom. The molecule has 7 nitrogen and oxygen atoms in total. The first kappa shape index (κ1) is 23.1. The molecule has 0 amide bonds. The van der Waals surface area contributed by atoms with E-state index < -0.39 is 27.8 Å². The number of sulfone groups is 1. The second-order valence-corrected chi connectivity index (χ2v) is 14.3. The molecule has 3 heterocycles. The zero-order chi connectivity index (χ0) is 24.1. The number of nitrogens with zero attached hydrogens (tertiary/aromatic N) is 2. The van der Waals surface area contributed by atoms with Gasteiger partial charge in [0.15, 0.2) is 0 Å². The number of fused-ring (bicyclic) bond motifs is 2. The van der Waals surface area contributed by atoms with Gasteiger partial charge in [0, 0.05) is 0 Å². The summed E-state index contributed by atoms with van der Waals surface area (Å²) in [5.74, 6) is 0.518. The molecule has 0 atom stereocenters. The first-order chi connectivity index (χ1) is 15.2. The molecular weight excluding hydrogens is 554 g/mol.